The zero-order chi connectivity index (χ0) is 17.8. The first kappa shape index (κ1) is 19.7. The second kappa shape index (κ2) is 11.3. The summed E-state index contributed by atoms with van der Waals surface area (Å²) in [7, 11) is 1.66. The standard InChI is InChI=1S/C17H27FN4O2/c1-4-9-20-16(23)8-10-21-17(19-3)22-12-13(2)24-15-7-5-6-14(18)11-15/h5-7,11,13H,4,8-10,12H2,1-3H3,(H,20,23)(H2,19,21,22). The lowest BCUT2D eigenvalue weighted by molar-refractivity contribution is -0.120. The van der Waals surface area contributed by atoms with Crippen molar-refractivity contribution in [2.45, 2.75) is 32.8 Å². The minimum absolute atomic E-state index is 0.0163. The summed E-state index contributed by atoms with van der Waals surface area (Å²) in [5.74, 6) is 0.766. The summed E-state index contributed by atoms with van der Waals surface area (Å²) in [6, 6.07) is 6.03. The molecule has 1 unspecified atom stereocenters. The molecule has 0 aliphatic heterocycles. The monoisotopic (exact) mass is 338 g/mol. The molecule has 1 aromatic carbocycles. The summed E-state index contributed by atoms with van der Waals surface area (Å²) in [6.07, 6.45) is 1.14. The SMILES string of the molecule is CCCNC(=O)CCNC(=NC)NCC(C)Oc1cccc(F)c1. The molecule has 0 spiro atoms. The van der Waals surface area contributed by atoms with Gasteiger partial charge in [-0.2, -0.15) is 0 Å². The van der Waals surface area contributed by atoms with E-state index in [2.05, 4.69) is 20.9 Å². The minimum atomic E-state index is -0.327. The second-order valence-electron chi connectivity index (χ2n) is 5.37. The van der Waals surface area contributed by atoms with Gasteiger partial charge in [0.05, 0.1) is 6.54 Å². The van der Waals surface area contributed by atoms with E-state index in [0.29, 0.717) is 37.8 Å². The Morgan fingerprint density at radius 1 is 1.29 bits per heavy atom. The molecule has 0 bridgehead atoms. The summed E-state index contributed by atoms with van der Waals surface area (Å²) in [6.45, 7) is 5.58. The normalized spacial score (nSPS) is 12.4. The lowest BCUT2D eigenvalue weighted by Crippen LogP contribution is -2.43. The van der Waals surface area contributed by atoms with E-state index in [9.17, 15) is 9.18 Å². The topological polar surface area (TPSA) is 74.8 Å². The van der Waals surface area contributed by atoms with Gasteiger partial charge in [0, 0.05) is 32.6 Å². The number of hydrogen-bond donors (Lipinski definition) is 3. The number of nitrogens with zero attached hydrogens (tertiary/aromatic N) is 1. The van der Waals surface area contributed by atoms with Gasteiger partial charge in [0.1, 0.15) is 17.7 Å². The van der Waals surface area contributed by atoms with Gasteiger partial charge in [-0.25, -0.2) is 4.39 Å². The Morgan fingerprint density at radius 2 is 2.08 bits per heavy atom. The summed E-state index contributed by atoms with van der Waals surface area (Å²) >= 11 is 0. The minimum Gasteiger partial charge on any atom is -0.489 e. The van der Waals surface area contributed by atoms with Gasteiger partial charge in [0.25, 0.3) is 0 Å². The van der Waals surface area contributed by atoms with Crippen LogP contribution in [-0.4, -0.2) is 44.7 Å². The van der Waals surface area contributed by atoms with Crippen LogP contribution in [0.5, 0.6) is 5.75 Å². The van der Waals surface area contributed by atoms with E-state index in [0.717, 1.165) is 6.42 Å². The molecule has 3 N–H and O–H groups in total. The van der Waals surface area contributed by atoms with Crippen LogP contribution in [0, 0.1) is 5.82 Å². The number of aliphatic imine (C=N–C) groups is 1. The van der Waals surface area contributed by atoms with E-state index in [1.165, 1.54) is 12.1 Å². The van der Waals surface area contributed by atoms with E-state index in [1.54, 1.807) is 19.2 Å². The van der Waals surface area contributed by atoms with Crippen molar-refractivity contribution in [3.05, 3.63) is 30.1 Å². The highest BCUT2D eigenvalue weighted by Gasteiger charge is 2.07. The van der Waals surface area contributed by atoms with Crippen LogP contribution in [0.25, 0.3) is 0 Å². The van der Waals surface area contributed by atoms with Crippen LogP contribution in [-0.2, 0) is 4.79 Å². The molecule has 0 heterocycles. The van der Waals surface area contributed by atoms with E-state index >= 15 is 0 Å². The molecule has 0 radical (unpaired) electrons. The summed E-state index contributed by atoms with van der Waals surface area (Å²) in [5.41, 5.74) is 0. The Bertz CT molecular complexity index is 537. The first-order valence-corrected chi connectivity index (χ1v) is 8.18. The van der Waals surface area contributed by atoms with Crippen molar-refractivity contribution in [3.63, 3.8) is 0 Å². The van der Waals surface area contributed by atoms with E-state index < -0.39 is 0 Å². The zero-order valence-corrected chi connectivity index (χ0v) is 14.6. The van der Waals surface area contributed by atoms with Crippen molar-refractivity contribution in [1.82, 2.24) is 16.0 Å². The third-order valence-corrected chi connectivity index (χ3v) is 3.13. The number of carbonyl (C=O) groups is 1. The van der Waals surface area contributed by atoms with Crippen molar-refractivity contribution in [2.75, 3.05) is 26.7 Å². The summed E-state index contributed by atoms with van der Waals surface area (Å²) in [5, 5.41) is 8.99. The number of hydrogen-bond acceptors (Lipinski definition) is 3. The molecule has 1 aromatic rings. The predicted molar refractivity (Wildman–Crippen MR) is 93.8 cm³/mol. The van der Waals surface area contributed by atoms with Crippen LogP contribution in [0.2, 0.25) is 0 Å². The van der Waals surface area contributed by atoms with Crippen molar-refractivity contribution in [3.8, 4) is 5.75 Å². The van der Waals surface area contributed by atoms with Crippen LogP contribution in [0.3, 0.4) is 0 Å². The number of ether oxygens (including phenoxy) is 1. The average Bonchev–Trinajstić information content (AvgIpc) is 2.56. The number of guanidine groups is 1. The molecule has 0 aliphatic carbocycles. The molecule has 7 heteroatoms. The smallest absolute Gasteiger partial charge is 0.221 e. The molecule has 0 aromatic heterocycles. The molecule has 0 saturated heterocycles. The fraction of sp³-hybridized carbons (Fsp3) is 0.529. The molecule has 0 saturated carbocycles. The van der Waals surface area contributed by atoms with E-state index in [-0.39, 0.29) is 17.8 Å². The number of amides is 1. The van der Waals surface area contributed by atoms with Crippen LogP contribution >= 0.6 is 0 Å². The maximum atomic E-state index is 13.1. The average molecular weight is 338 g/mol. The lowest BCUT2D eigenvalue weighted by atomic mass is 10.3. The molecule has 1 rings (SSSR count). The van der Waals surface area contributed by atoms with Gasteiger partial charge in [0.2, 0.25) is 5.91 Å². The van der Waals surface area contributed by atoms with Crippen molar-refractivity contribution >= 4 is 11.9 Å². The highest BCUT2D eigenvalue weighted by molar-refractivity contribution is 5.81. The number of carbonyl (C=O) groups excluding carboxylic acids is 1. The van der Waals surface area contributed by atoms with Crippen LogP contribution in [0.1, 0.15) is 26.7 Å². The Kier molecular flexibility index (Phi) is 9.26. The first-order chi connectivity index (χ1) is 11.5. The Morgan fingerprint density at radius 3 is 2.75 bits per heavy atom. The maximum Gasteiger partial charge on any atom is 0.221 e. The highest BCUT2D eigenvalue weighted by atomic mass is 19.1. The van der Waals surface area contributed by atoms with Gasteiger partial charge < -0.3 is 20.7 Å². The number of nitrogens with one attached hydrogen (secondary N) is 3. The molecule has 0 aliphatic rings. The predicted octanol–water partition coefficient (Wildman–Crippen LogP) is 1.67. The molecule has 0 fully saturated rings. The second-order valence-corrected chi connectivity index (χ2v) is 5.37. The molecular formula is C17H27FN4O2. The molecular weight excluding hydrogens is 311 g/mol. The Hall–Kier alpha value is -2.31. The van der Waals surface area contributed by atoms with E-state index in [1.807, 2.05) is 13.8 Å². The van der Waals surface area contributed by atoms with Crippen molar-refractivity contribution in [2.24, 2.45) is 4.99 Å². The zero-order valence-electron chi connectivity index (χ0n) is 14.6. The van der Waals surface area contributed by atoms with Gasteiger partial charge in [-0.1, -0.05) is 13.0 Å². The third-order valence-electron chi connectivity index (χ3n) is 3.13. The van der Waals surface area contributed by atoms with Gasteiger partial charge in [-0.05, 0) is 25.5 Å². The molecule has 6 nitrogen and oxygen atoms in total. The van der Waals surface area contributed by atoms with Gasteiger partial charge in [0.15, 0.2) is 5.96 Å². The van der Waals surface area contributed by atoms with Crippen LogP contribution < -0.4 is 20.7 Å². The third kappa shape index (κ3) is 8.36. The Labute approximate surface area is 142 Å². The van der Waals surface area contributed by atoms with Gasteiger partial charge in [-0.15, -0.1) is 0 Å². The molecule has 1 atom stereocenters. The van der Waals surface area contributed by atoms with Gasteiger partial charge >= 0.3 is 0 Å². The lowest BCUT2D eigenvalue weighted by Gasteiger charge is -2.17. The number of rotatable bonds is 9. The van der Waals surface area contributed by atoms with Gasteiger partial charge in [-0.3, -0.25) is 9.79 Å². The van der Waals surface area contributed by atoms with Crippen LogP contribution in [0.15, 0.2) is 29.3 Å². The number of halogens is 1. The van der Waals surface area contributed by atoms with E-state index in [4.69, 9.17) is 4.74 Å². The highest BCUT2D eigenvalue weighted by Crippen LogP contribution is 2.13. The fourth-order valence-electron chi connectivity index (χ4n) is 1.92. The Balaban J connectivity index is 2.26. The van der Waals surface area contributed by atoms with Crippen LogP contribution in [0.4, 0.5) is 4.39 Å². The van der Waals surface area contributed by atoms with Crippen molar-refractivity contribution < 1.29 is 13.9 Å². The quantitative estimate of drug-likeness (QED) is 0.473. The largest absolute Gasteiger partial charge is 0.489 e. The fourth-order valence-corrected chi connectivity index (χ4v) is 1.92. The summed E-state index contributed by atoms with van der Waals surface area (Å²) < 4.78 is 18.7. The maximum absolute atomic E-state index is 13.1. The number of benzene rings is 1. The van der Waals surface area contributed by atoms with Crippen molar-refractivity contribution in [1.29, 1.82) is 0 Å². The molecule has 1 amide bonds. The molecule has 24 heavy (non-hydrogen) atoms. The first-order valence-electron chi connectivity index (χ1n) is 8.18. The summed E-state index contributed by atoms with van der Waals surface area (Å²) in [4.78, 5) is 15.6. The molecule has 134 valence electrons.